The van der Waals surface area contributed by atoms with Gasteiger partial charge in [0, 0.05) is 12.6 Å². The summed E-state index contributed by atoms with van der Waals surface area (Å²) in [6.45, 7) is 5.87. The van der Waals surface area contributed by atoms with Gasteiger partial charge in [-0.25, -0.2) is 9.97 Å². The van der Waals surface area contributed by atoms with Crippen LogP contribution in [0.5, 0.6) is 11.6 Å². The van der Waals surface area contributed by atoms with Gasteiger partial charge in [0.2, 0.25) is 0 Å². The molecule has 1 heterocycles. The molecule has 2 aromatic rings. The molecule has 0 saturated heterocycles. The van der Waals surface area contributed by atoms with Crippen LogP contribution >= 0.6 is 0 Å². The zero-order chi connectivity index (χ0) is 20.9. The second kappa shape index (κ2) is 9.12. The zero-order valence-electron chi connectivity index (χ0n) is 16.8. The Morgan fingerprint density at radius 2 is 1.89 bits per heavy atom. The van der Waals surface area contributed by atoms with Crippen molar-refractivity contribution >= 4 is 5.82 Å². The van der Waals surface area contributed by atoms with Gasteiger partial charge in [0.05, 0.1) is 24.1 Å². The largest absolute Gasteiger partial charge is 0.496 e. The summed E-state index contributed by atoms with van der Waals surface area (Å²) in [4.78, 5) is 9.06. The van der Waals surface area contributed by atoms with Crippen LogP contribution in [0, 0.1) is 6.92 Å². The number of methoxy groups -OCH3 is 1. The lowest BCUT2D eigenvalue weighted by atomic mass is 10.1. The molecule has 1 N–H and O–H groups in total. The van der Waals surface area contributed by atoms with Gasteiger partial charge >= 0.3 is 6.18 Å². The van der Waals surface area contributed by atoms with Gasteiger partial charge in [0.1, 0.15) is 11.9 Å². The molecule has 1 aromatic carbocycles. The third kappa shape index (κ3) is 4.85. The van der Waals surface area contributed by atoms with Gasteiger partial charge in [-0.05, 0) is 38.0 Å². The molecule has 0 amide bonds. The van der Waals surface area contributed by atoms with E-state index < -0.39 is 11.7 Å². The van der Waals surface area contributed by atoms with Gasteiger partial charge in [-0.3, -0.25) is 0 Å². The number of aromatic nitrogens is 2. The number of halogens is 3. The minimum absolute atomic E-state index is 0.0252. The minimum atomic E-state index is -4.45. The fourth-order valence-corrected chi connectivity index (χ4v) is 2.89. The highest BCUT2D eigenvalue weighted by atomic mass is 19.4. The smallest absolute Gasteiger partial charge is 0.416 e. The lowest BCUT2D eigenvalue weighted by Gasteiger charge is -2.20. The number of anilines is 1. The predicted molar refractivity (Wildman–Crippen MR) is 103 cm³/mol. The van der Waals surface area contributed by atoms with Crippen LogP contribution in [0.3, 0.4) is 0 Å². The van der Waals surface area contributed by atoms with E-state index in [1.165, 1.54) is 13.2 Å². The molecule has 0 bridgehead atoms. The average molecular weight is 397 g/mol. The van der Waals surface area contributed by atoms with E-state index in [0.29, 0.717) is 28.6 Å². The van der Waals surface area contributed by atoms with E-state index in [-0.39, 0.29) is 11.9 Å². The molecule has 0 aliphatic carbocycles. The standard InChI is InChI=1S/C20H26F3N3O2/c1-6-8-14(7-2)28-19-18(24-4)26-17(12(3)25-19)15-10-9-13(20(21,22)23)11-16(15)27-5/h9-11,14H,6-8H2,1-5H3,(H,24,26). The number of nitrogens with one attached hydrogen (secondary N) is 1. The predicted octanol–water partition coefficient (Wildman–Crippen LogP) is 5.48. The number of aryl methyl sites for hydroxylation is 1. The molecule has 8 heteroatoms. The first-order chi connectivity index (χ1) is 13.2. The molecule has 0 aliphatic heterocycles. The van der Waals surface area contributed by atoms with Crippen molar-refractivity contribution in [1.29, 1.82) is 0 Å². The van der Waals surface area contributed by atoms with Gasteiger partial charge in [-0.15, -0.1) is 0 Å². The average Bonchev–Trinajstić information content (AvgIpc) is 2.66. The summed E-state index contributed by atoms with van der Waals surface area (Å²) < 4.78 is 50.2. The number of hydrogen-bond donors (Lipinski definition) is 1. The Morgan fingerprint density at radius 3 is 2.43 bits per heavy atom. The molecular weight excluding hydrogens is 371 g/mol. The van der Waals surface area contributed by atoms with Gasteiger partial charge in [-0.2, -0.15) is 13.2 Å². The Morgan fingerprint density at radius 1 is 1.18 bits per heavy atom. The first kappa shape index (κ1) is 21.8. The van der Waals surface area contributed by atoms with Crippen LogP contribution in [-0.2, 0) is 6.18 Å². The first-order valence-electron chi connectivity index (χ1n) is 9.23. The van der Waals surface area contributed by atoms with Crippen LogP contribution in [0.15, 0.2) is 18.2 Å². The highest BCUT2D eigenvalue weighted by Gasteiger charge is 2.31. The molecule has 0 saturated carbocycles. The topological polar surface area (TPSA) is 56.3 Å². The molecule has 154 valence electrons. The lowest BCUT2D eigenvalue weighted by Crippen LogP contribution is -2.17. The Kier molecular flexibility index (Phi) is 7.10. The second-order valence-corrected chi connectivity index (χ2v) is 6.41. The Bertz CT molecular complexity index is 810. The van der Waals surface area contributed by atoms with Crippen molar-refractivity contribution in [2.24, 2.45) is 0 Å². The fourth-order valence-electron chi connectivity index (χ4n) is 2.89. The van der Waals surface area contributed by atoms with E-state index in [1.807, 2.05) is 6.92 Å². The van der Waals surface area contributed by atoms with Crippen LogP contribution < -0.4 is 14.8 Å². The Labute approximate surface area is 163 Å². The zero-order valence-corrected chi connectivity index (χ0v) is 16.8. The summed E-state index contributed by atoms with van der Waals surface area (Å²) in [6.07, 6.45) is -1.70. The molecule has 0 aliphatic rings. The molecule has 0 radical (unpaired) electrons. The second-order valence-electron chi connectivity index (χ2n) is 6.41. The Hall–Kier alpha value is -2.51. The van der Waals surface area contributed by atoms with Crippen molar-refractivity contribution in [1.82, 2.24) is 9.97 Å². The lowest BCUT2D eigenvalue weighted by molar-refractivity contribution is -0.137. The monoisotopic (exact) mass is 397 g/mol. The molecule has 1 atom stereocenters. The maximum Gasteiger partial charge on any atom is 0.416 e. The van der Waals surface area contributed by atoms with Crippen LogP contribution in [0.2, 0.25) is 0 Å². The quantitative estimate of drug-likeness (QED) is 0.639. The minimum Gasteiger partial charge on any atom is -0.496 e. The van der Waals surface area contributed by atoms with E-state index >= 15 is 0 Å². The fraction of sp³-hybridized carbons (Fsp3) is 0.500. The molecule has 1 aromatic heterocycles. The van der Waals surface area contributed by atoms with Gasteiger partial charge in [0.15, 0.2) is 5.82 Å². The molecule has 2 rings (SSSR count). The van der Waals surface area contributed by atoms with Gasteiger partial charge in [0.25, 0.3) is 5.88 Å². The summed E-state index contributed by atoms with van der Waals surface area (Å²) in [5, 5.41) is 2.96. The summed E-state index contributed by atoms with van der Waals surface area (Å²) >= 11 is 0. The van der Waals surface area contributed by atoms with Crippen molar-refractivity contribution in [2.45, 2.75) is 52.3 Å². The number of nitrogens with zero attached hydrogens (tertiary/aromatic N) is 2. The van der Waals surface area contributed by atoms with Gasteiger partial charge < -0.3 is 14.8 Å². The number of rotatable bonds is 8. The van der Waals surface area contributed by atoms with E-state index in [2.05, 4.69) is 22.2 Å². The molecule has 28 heavy (non-hydrogen) atoms. The van der Waals surface area contributed by atoms with Crippen LogP contribution in [-0.4, -0.2) is 30.2 Å². The van der Waals surface area contributed by atoms with Crippen LogP contribution in [0.1, 0.15) is 44.4 Å². The van der Waals surface area contributed by atoms with Crippen LogP contribution in [0.25, 0.3) is 11.3 Å². The maximum atomic E-state index is 13.0. The maximum absolute atomic E-state index is 13.0. The third-order valence-electron chi connectivity index (χ3n) is 4.40. The van der Waals surface area contributed by atoms with Gasteiger partial charge in [-0.1, -0.05) is 20.3 Å². The molecule has 5 nitrogen and oxygen atoms in total. The molecule has 0 fully saturated rings. The summed E-state index contributed by atoms with van der Waals surface area (Å²) in [6, 6.07) is 3.33. The van der Waals surface area contributed by atoms with E-state index in [1.54, 1.807) is 14.0 Å². The highest BCUT2D eigenvalue weighted by molar-refractivity contribution is 5.71. The van der Waals surface area contributed by atoms with E-state index in [9.17, 15) is 13.2 Å². The first-order valence-corrected chi connectivity index (χ1v) is 9.23. The number of hydrogen-bond acceptors (Lipinski definition) is 5. The number of alkyl halides is 3. The summed E-state index contributed by atoms with van der Waals surface area (Å²) in [5.41, 5.74) is 0.631. The molecule has 0 spiro atoms. The third-order valence-corrected chi connectivity index (χ3v) is 4.40. The molecular formula is C20H26F3N3O2. The van der Waals surface area contributed by atoms with E-state index in [0.717, 1.165) is 31.4 Å². The van der Waals surface area contributed by atoms with Crippen molar-refractivity contribution in [3.05, 3.63) is 29.5 Å². The van der Waals surface area contributed by atoms with Crippen molar-refractivity contribution in [2.75, 3.05) is 19.5 Å². The molecule has 1 unspecified atom stereocenters. The van der Waals surface area contributed by atoms with Crippen molar-refractivity contribution in [3.8, 4) is 22.9 Å². The summed E-state index contributed by atoms with van der Waals surface area (Å²) in [7, 11) is 3.02. The van der Waals surface area contributed by atoms with Crippen LogP contribution in [0.4, 0.5) is 19.0 Å². The van der Waals surface area contributed by atoms with Crippen molar-refractivity contribution in [3.63, 3.8) is 0 Å². The highest BCUT2D eigenvalue weighted by Crippen LogP contribution is 2.38. The SMILES string of the molecule is CCCC(CC)Oc1nc(C)c(-c2ccc(C(F)(F)F)cc2OC)nc1NC. The number of benzene rings is 1. The Balaban J connectivity index is 2.50. The number of ether oxygens (including phenoxy) is 2. The normalized spacial score (nSPS) is 12.6. The van der Waals surface area contributed by atoms with E-state index in [4.69, 9.17) is 9.47 Å². The van der Waals surface area contributed by atoms with Crippen molar-refractivity contribution < 1.29 is 22.6 Å². The summed E-state index contributed by atoms with van der Waals surface area (Å²) in [5.74, 6) is 0.896.